The number of aryl methyl sites for hydroxylation is 2. The fraction of sp³-hybridized carbons (Fsp3) is 0.538. The molecule has 0 heterocycles. The number of alkyl halides is 1. The van der Waals surface area contributed by atoms with Gasteiger partial charge in [-0.05, 0) is 42.9 Å². The lowest BCUT2D eigenvalue weighted by Gasteiger charge is -2.14. The summed E-state index contributed by atoms with van der Waals surface area (Å²) in [5.41, 5.74) is 4.23. The van der Waals surface area contributed by atoms with Gasteiger partial charge in [0.2, 0.25) is 0 Å². The fourth-order valence-corrected chi connectivity index (χ4v) is 1.65. The first kappa shape index (κ1) is 11.8. The first-order valence-electron chi connectivity index (χ1n) is 5.21. The normalized spacial score (nSPS) is 15.2. The van der Waals surface area contributed by atoms with Crippen molar-refractivity contribution in [3.63, 3.8) is 0 Å². The van der Waals surface area contributed by atoms with Crippen LogP contribution >= 0.6 is 15.9 Å². The summed E-state index contributed by atoms with van der Waals surface area (Å²) in [5, 5.41) is 0. The molecule has 0 saturated heterocycles. The van der Waals surface area contributed by atoms with E-state index >= 15 is 0 Å². The summed E-state index contributed by atoms with van der Waals surface area (Å²) < 4.78 is 0. The van der Waals surface area contributed by atoms with Crippen molar-refractivity contribution in [1.82, 2.24) is 0 Å². The molecule has 0 aliphatic carbocycles. The Kier molecular flexibility index (Phi) is 4.18. The van der Waals surface area contributed by atoms with Crippen LogP contribution in [0.5, 0.6) is 0 Å². The molecule has 0 aromatic heterocycles. The van der Waals surface area contributed by atoms with E-state index in [1.54, 1.807) is 0 Å². The van der Waals surface area contributed by atoms with E-state index in [0.29, 0.717) is 10.7 Å². The van der Waals surface area contributed by atoms with E-state index < -0.39 is 0 Å². The van der Waals surface area contributed by atoms with Gasteiger partial charge in [0.1, 0.15) is 0 Å². The van der Waals surface area contributed by atoms with Crippen molar-refractivity contribution in [2.45, 2.75) is 38.9 Å². The highest BCUT2D eigenvalue weighted by Gasteiger charge is 2.09. The van der Waals surface area contributed by atoms with Gasteiger partial charge < -0.3 is 0 Å². The van der Waals surface area contributed by atoms with Crippen LogP contribution in [0.25, 0.3) is 0 Å². The molecule has 1 aromatic carbocycles. The highest BCUT2D eigenvalue weighted by molar-refractivity contribution is 9.09. The third-order valence-electron chi connectivity index (χ3n) is 2.91. The summed E-state index contributed by atoms with van der Waals surface area (Å²) in [7, 11) is 0. The summed E-state index contributed by atoms with van der Waals surface area (Å²) in [5.74, 6) is 0.692. The number of benzene rings is 1. The van der Waals surface area contributed by atoms with E-state index in [0.717, 1.165) is 6.42 Å². The van der Waals surface area contributed by atoms with E-state index in [9.17, 15) is 0 Å². The molecule has 0 aliphatic heterocycles. The maximum atomic E-state index is 3.63. The molecule has 0 amide bonds. The largest absolute Gasteiger partial charge is 0.0891 e. The molecule has 1 heteroatoms. The topological polar surface area (TPSA) is 0 Å². The monoisotopic (exact) mass is 254 g/mol. The van der Waals surface area contributed by atoms with Crippen molar-refractivity contribution in [2.75, 3.05) is 0 Å². The molecule has 0 aliphatic rings. The van der Waals surface area contributed by atoms with Gasteiger partial charge in [-0.25, -0.2) is 0 Å². The van der Waals surface area contributed by atoms with Crippen LogP contribution in [-0.4, -0.2) is 4.83 Å². The fourth-order valence-electron chi connectivity index (χ4n) is 1.46. The van der Waals surface area contributed by atoms with Gasteiger partial charge in [-0.2, -0.15) is 0 Å². The summed E-state index contributed by atoms with van der Waals surface area (Å²) in [6.07, 6.45) is 1.16. The van der Waals surface area contributed by atoms with Gasteiger partial charge in [-0.3, -0.25) is 0 Å². The Morgan fingerprint density at radius 2 is 1.79 bits per heavy atom. The molecule has 0 N–H and O–H groups in total. The Balaban J connectivity index is 2.73. The molecule has 1 aromatic rings. The zero-order chi connectivity index (χ0) is 10.7. The van der Waals surface area contributed by atoms with Crippen LogP contribution in [0.15, 0.2) is 18.2 Å². The van der Waals surface area contributed by atoms with Gasteiger partial charge in [-0.1, -0.05) is 48.0 Å². The first-order valence-corrected chi connectivity index (χ1v) is 6.12. The Bertz CT molecular complexity index is 302. The summed E-state index contributed by atoms with van der Waals surface area (Å²) in [4.78, 5) is 0.587. The van der Waals surface area contributed by atoms with Crippen LogP contribution in [0, 0.1) is 19.8 Å². The molecule has 0 bridgehead atoms. The van der Waals surface area contributed by atoms with Gasteiger partial charge in [0.25, 0.3) is 0 Å². The molecule has 0 nitrogen and oxygen atoms in total. The van der Waals surface area contributed by atoms with Gasteiger partial charge in [0.05, 0.1) is 0 Å². The number of hydrogen-bond acceptors (Lipinski definition) is 0. The number of halogens is 1. The van der Waals surface area contributed by atoms with Crippen molar-refractivity contribution in [3.05, 3.63) is 34.9 Å². The lowest BCUT2D eigenvalue weighted by atomic mass is 9.96. The van der Waals surface area contributed by atoms with Crippen LogP contribution in [0.4, 0.5) is 0 Å². The molecule has 0 saturated carbocycles. The van der Waals surface area contributed by atoms with Crippen LogP contribution in [0.1, 0.15) is 30.5 Å². The van der Waals surface area contributed by atoms with E-state index in [1.807, 2.05) is 0 Å². The van der Waals surface area contributed by atoms with E-state index in [-0.39, 0.29) is 0 Å². The number of rotatable bonds is 3. The van der Waals surface area contributed by atoms with Gasteiger partial charge in [0.15, 0.2) is 0 Å². The van der Waals surface area contributed by atoms with E-state index in [1.165, 1.54) is 16.7 Å². The molecule has 2 atom stereocenters. The lowest BCUT2D eigenvalue weighted by molar-refractivity contribution is 0.581. The zero-order valence-electron chi connectivity index (χ0n) is 9.47. The highest BCUT2D eigenvalue weighted by atomic mass is 79.9. The summed E-state index contributed by atoms with van der Waals surface area (Å²) in [6, 6.07) is 6.77. The third-order valence-corrected chi connectivity index (χ3v) is 3.82. The minimum Gasteiger partial charge on any atom is -0.0891 e. The van der Waals surface area contributed by atoms with E-state index in [2.05, 4.69) is 61.8 Å². The highest BCUT2D eigenvalue weighted by Crippen LogP contribution is 2.19. The smallest absolute Gasteiger partial charge is 0.0146 e. The third kappa shape index (κ3) is 3.13. The average molecular weight is 255 g/mol. The predicted molar refractivity (Wildman–Crippen MR) is 67.2 cm³/mol. The Hall–Kier alpha value is -0.300. The molecule has 0 spiro atoms. The van der Waals surface area contributed by atoms with Crippen molar-refractivity contribution in [1.29, 1.82) is 0 Å². The zero-order valence-corrected chi connectivity index (χ0v) is 11.1. The predicted octanol–water partition coefficient (Wildman–Crippen LogP) is 4.27. The average Bonchev–Trinajstić information content (AvgIpc) is 2.11. The second-order valence-corrected chi connectivity index (χ2v) is 5.72. The quantitative estimate of drug-likeness (QED) is 0.708. The maximum Gasteiger partial charge on any atom is 0.0146 e. The minimum atomic E-state index is 0.587. The van der Waals surface area contributed by atoms with Gasteiger partial charge in [0, 0.05) is 4.83 Å². The van der Waals surface area contributed by atoms with Gasteiger partial charge >= 0.3 is 0 Å². The maximum absolute atomic E-state index is 3.63. The van der Waals surface area contributed by atoms with Gasteiger partial charge in [-0.15, -0.1) is 0 Å². The van der Waals surface area contributed by atoms with Crippen molar-refractivity contribution in [3.8, 4) is 0 Å². The second kappa shape index (κ2) is 4.97. The Morgan fingerprint density at radius 1 is 1.14 bits per heavy atom. The molecule has 1 rings (SSSR count). The molecular weight excluding hydrogens is 236 g/mol. The van der Waals surface area contributed by atoms with Crippen molar-refractivity contribution >= 4 is 15.9 Å². The van der Waals surface area contributed by atoms with Crippen LogP contribution < -0.4 is 0 Å². The first-order chi connectivity index (χ1) is 6.50. The minimum absolute atomic E-state index is 0.587. The van der Waals surface area contributed by atoms with Crippen LogP contribution in [-0.2, 0) is 6.42 Å². The number of hydrogen-bond donors (Lipinski definition) is 0. The molecule has 0 fully saturated rings. The van der Waals surface area contributed by atoms with Crippen LogP contribution in [0.2, 0.25) is 0 Å². The molecule has 2 unspecified atom stereocenters. The Labute approximate surface area is 95.9 Å². The SMILES string of the molecule is Cc1ccc(CC(C)C(C)Br)cc1C. The lowest BCUT2D eigenvalue weighted by Crippen LogP contribution is -2.09. The standard InChI is InChI=1S/C13H19Br/c1-9-5-6-13(7-10(9)2)8-11(3)12(4)14/h5-7,11-12H,8H2,1-4H3. The molecular formula is C13H19Br. The molecule has 0 radical (unpaired) electrons. The molecule has 78 valence electrons. The van der Waals surface area contributed by atoms with Crippen LogP contribution in [0.3, 0.4) is 0 Å². The molecule has 14 heavy (non-hydrogen) atoms. The second-order valence-electron chi connectivity index (χ2n) is 4.28. The Morgan fingerprint density at radius 3 is 2.29 bits per heavy atom. The summed E-state index contributed by atoms with van der Waals surface area (Å²) in [6.45, 7) is 8.84. The summed E-state index contributed by atoms with van der Waals surface area (Å²) >= 11 is 3.63. The van der Waals surface area contributed by atoms with Crippen molar-refractivity contribution < 1.29 is 0 Å². The van der Waals surface area contributed by atoms with Crippen molar-refractivity contribution in [2.24, 2.45) is 5.92 Å². The van der Waals surface area contributed by atoms with E-state index in [4.69, 9.17) is 0 Å².